The number of nitrogens with one attached hydrogen (secondary N) is 1. The topological polar surface area (TPSA) is 77.5 Å². The van der Waals surface area contributed by atoms with Gasteiger partial charge in [0.2, 0.25) is 5.88 Å². The number of aromatic nitrogens is 1. The van der Waals surface area contributed by atoms with Crippen LogP contribution in [0.1, 0.15) is 33.2 Å². The highest BCUT2D eigenvalue weighted by atomic mass is 35.5. The van der Waals surface area contributed by atoms with E-state index in [2.05, 4.69) is 10.3 Å². The van der Waals surface area contributed by atoms with Crippen molar-refractivity contribution in [1.29, 1.82) is 0 Å². The first-order valence-electron chi connectivity index (χ1n) is 10.4. The van der Waals surface area contributed by atoms with E-state index in [1.807, 2.05) is 30.3 Å². The van der Waals surface area contributed by atoms with Crippen LogP contribution in [-0.4, -0.2) is 23.5 Å². The van der Waals surface area contributed by atoms with E-state index in [0.29, 0.717) is 28.5 Å². The summed E-state index contributed by atoms with van der Waals surface area (Å²) in [6, 6.07) is 21.3. The van der Waals surface area contributed by atoms with Gasteiger partial charge in [-0.2, -0.15) is 0 Å². The number of pyridine rings is 1. The van der Waals surface area contributed by atoms with Crippen LogP contribution in [0, 0.1) is 0 Å². The summed E-state index contributed by atoms with van der Waals surface area (Å²) in [5.74, 6) is -0.0447. The molecule has 6 nitrogen and oxygen atoms in total. The molecule has 7 heteroatoms. The monoisotopic (exact) mass is 460 g/mol. The number of amides is 1. The molecule has 0 bridgehead atoms. The minimum Gasteiger partial charge on any atom is -0.462 e. The van der Waals surface area contributed by atoms with Crippen molar-refractivity contribution < 1.29 is 19.1 Å². The molecule has 0 atom stereocenters. The number of carbonyl (C=O) groups is 2. The molecule has 0 aliphatic heterocycles. The summed E-state index contributed by atoms with van der Waals surface area (Å²) in [4.78, 5) is 29.5. The van der Waals surface area contributed by atoms with Crippen molar-refractivity contribution in [2.75, 3.05) is 6.61 Å². The van der Waals surface area contributed by atoms with Crippen LogP contribution in [-0.2, 0) is 11.3 Å². The van der Waals surface area contributed by atoms with Crippen LogP contribution in [0.5, 0.6) is 11.6 Å². The zero-order valence-electron chi connectivity index (χ0n) is 17.9. The highest BCUT2D eigenvalue weighted by Crippen LogP contribution is 2.26. The molecule has 0 fully saturated rings. The Kier molecular flexibility index (Phi) is 6.86. The Hall–Kier alpha value is -3.90. The quantitative estimate of drug-likeness (QED) is 0.353. The summed E-state index contributed by atoms with van der Waals surface area (Å²) in [6.07, 6.45) is 1.55. The molecule has 3 aromatic carbocycles. The third-order valence-corrected chi connectivity index (χ3v) is 5.21. The predicted octanol–water partition coefficient (Wildman–Crippen LogP) is 5.79. The molecular formula is C26H21ClN2O4. The average molecular weight is 461 g/mol. The maximum Gasteiger partial charge on any atom is 0.338 e. The van der Waals surface area contributed by atoms with Crippen molar-refractivity contribution in [3.05, 3.63) is 101 Å². The fourth-order valence-electron chi connectivity index (χ4n) is 3.46. The summed E-state index contributed by atoms with van der Waals surface area (Å²) in [6.45, 7) is 2.33. The smallest absolute Gasteiger partial charge is 0.338 e. The van der Waals surface area contributed by atoms with Crippen LogP contribution in [0.2, 0.25) is 5.02 Å². The van der Waals surface area contributed by atoms with E-state index in [1.54, 1.807) is 55.6 Å². The van der Waals surface area contributed by atoms with Gasteiger partial charge in [-0.25, -0.2) is 9.78 Å². The number of benzene rings is 3. The van der Waals surface area contributed by atoms with Crippen molar-refractivity contribution >= 4 is 34.2 Å². The zero-order chi connectivity index (χ0) is 23.2. The molecular weight excluding hydrogens is 440 g/mol. The maximum absolute atomic E-state index is 13.0. The first-order chi connectivity index (χ1) is 16.1. The van der Waals surface area contributed by atoms with Crippen molar-refractivity contribution in [1.82, 2.24) is 10.3 Å². The summed E-state index contributed by atoms with van der Waals surface area (Å²) < 4.78 is 11.0. The lowest BCUT2D eigenvalue weighted by Gasteiger charge is -2.13. The molecule has 0 saturated carbocycles. The fourth-order valence-corrected chi connectivity index (χ4v) is 3.64. The number of rotatable bonds is 7. The molecule has 1 aromatic heterocycles. The molecule has 0 radical (unpaired) electrons. The van der Waals surface area contributed by atoms with E-state index in [-0.39, 0.29) is 24.3 Å². The maximum atomic E-state index is 13.0. The minimum absolute atomic E-state index is 0.180. The van der Waals surface area contributed by atoms with E-state index >= 15 is 0 Å². The number of esters is 1. The Labute approximate surface area is 196 Å². The van der Waals surface area contributed by atoms with Crippen LogP contribution in [0.4, 0.5) is 0 Å². The van der Waals surface area contributed by atoms with Gasteiger partial charge >= 0.3 is 5.97 Å². The molecule has 1 N–H and O–H groups in total. The number of nitrogens with zero attached hydrogens (tertiary/aromatic N) is 1. The van der Waals surface area contributed by atoms with E-state index in [0.717, 1.165) is 16.3 Å². The molecule has 0 spiro atoms. The lowest BCUT2D eigenvalue weighted by molar-refractivity contribution is 0.0528. The summed E-state index contributed by atoms with van der Waals surface area (Å²) >= 11 is 6.02. The van der Waals surface area contributed by atoms with Crippen molar-refractivity contribution in [2.45, 2.75) is 13.5 Å². The number of hydrogen-bond acceptors (Lipinski definition) is 5. The molecule has 4 aromatic rings. The predicted molar refractivity (Wildman–Crippen MR) is 127 cm³/mol. The molecule has 4 rings (SSSR count). The van der Waals surface area contributed by atoms with Gasteiger partial charge in [-0.1, -0.05) is 48.0 Å². The second-order valence-electron chi connectivity index (χ2n) is 7.14. The van der Waals surface area contributed by atoms with Gasteiger partial charge in [0, 0.05) is 17.8 Å². The van der Waals surface area contributed by atoms with Crippen LogP contribution in [0.25, 0.3) is 10.8 Å². The minimum atomic E-state index is -0.373. The van der Waals surface area contributed by atoms with Crippen LogP contribution in [0.15, 0.2) is 79.0 Å². The SMILES string of the molecule is CCOC(=O)c1ccc(CNC(=O)c2cccnc2Oc2cccc(Cl)c2)c2ccccc12. The Bertz CT molecular complexity index is 1320. The number of carbonyl (C=O) groups excluding carboxylic acids is 2. The number of fused-ring (bicyclic) bond motifs is 1. The second-order valence-corrected chi connectivity index (χ2v) is 7.57. The molecule has 0 aliphatic rings. The molecule has 166 valence electrons. The number of ether oxygens (including phenoxy) is 2. The van der Waals surface area contributed by atoms with Gasteiger partial charge in [-0.3, -0.25) is 4.79 Å². The molecule has 0 aliphatic carbocycles. The van der Waals surface area contributed by atoms with Gasteiger partial charge < -0.3 is 14.8 Å². The lowest BCUT2D eigenvalue weighted by Crippen LogP contribution is -2.23. The van der Waals surface area contributed by atoms with Crippen molar-refractivity contribution in [3.8, 4) is 11.6 Å². The summed E-state index contributed by atoms with van der Waals surface area (Å²) in [7, 11) is 0. The fraction of sp³-hybridized carbons (Fsp3) is 0.115. The number of halogens is 1. The summed E-state index contributed by atoms with van der Waals surface area (Å²) in [5, 5.41) is 5.08. The lowest BCUT2D eigenvalue weighted by atomic mass is 9.99. The van der Waals surface area contributed by atoms with Gasteiger partial charge in [0.25, 0.3) is 5.91 Å². The van der Waals surface area contributed by atoms with Gasteiger partial charge in [0.05, 0.1) is 12.2 Å². The molecule has 33 heavy (non-hydrogen) atoms. The molecule has 0 unspecified atom stereocenters. The first-order valence-corrected chi connectivity index (χ1v) is 10.8. The molecule has 1 amide bonds. The Morgan fingerprint density at radius 1 is 0.939 bits per heavy atom. The highest BCUT2D eigenvalue weighted by Gasteiger charge is 2.16. The second kappa shape index (κ2) is 10.1. The Morgan fingerprint density at radius 3 is 2.55 bits per heavy atom. The van der Waals surface area contributed by atoms with E-state index < -0.39 is 0 Å². The Balaban J connectivity index is 1.55. The van der Waals surface area contributed by atoms with Gasteiger partial charge in [0.15, 0.2) is 0 Å². The van der Waals surface area contributed by atoms with Crippen molar-refractivity contribution in [2.24, 2.45) is 0 Å². The number of hydrogen-bond donors (Lipinski definition) is 1. The molecule has 0 saturated heterocycles. The van der Waals surface area contributed by atoms with Gasteiger partial charge in [-0.15, -0.1) is 0 Å². The van der Waals surface area contributed by atoms with E-state index in [4.69, 9.17) is 21.1 Å². The van der Waals surface area contributed by atoms with Crippen molar-refractivity contribution in [3.63, 3.8) is 0 Å². The molecule has 1 heterocycles. The first kappa shape index (κ1) is 22.3. The van der Waals surface area contributed by atoms with Crippen LogP contribution in [0.3, 0.4) is 0 Å². The third kappa shape index (κ3) is 5.13. The van der Waals surface area contributed by atoms with E-state index in [9.17, 15) is 9.59 Å². The standard InChI is InChI=1S/C26H21ClN2O4/c1-2-32-26(31)22-13-12-17(20-9-3-4-10-21(20)22)16-29-24(30)23-11-6-14-28-25(23)33-19-8-5-7-18(27)15-19/h3-15H,2,16H2,1H3,(H,29,30). The Morgan fingerprint density at radius 2 is 1.76 bits per heavy atom. The normalized spacial score (nSPS) is 10.6. The zero-order valence-corrected chi connectivity index (χ0v) is 18.6. The largest absolute Gasteiger partial charge is 0.462 e. The summed E-state index contributed by atoms with van der Waals surface area (Å²) in [5.41, 5.74) is 1.66. The third-order valence-electron chi connectivity index (χ3n) is 4.98. The van der Waals surface area contributed by atoms with Crippen LogP contribution < -0.4 is 10.1 Å². The van der Waals surface area contributed by atoms with Gasteiger partial charge in [-0.05, 0) is 59.7 Å². The highest BCUT2D eigenvalue weighted by molar-refractivity contribution is 6.30. The average Bonchev–Trinajstić information content (AvgIpc) is 2.83. The van der Waals surface area contributed by atoms with Gasteiger partial charge in [0.1, 0.15) is 11.3 Å². The van der Waals surface area contributed by atoms with Crippen LogP contribution >= 0.6 is 11.6 Å². The van der Waals surface area contributed by atoms with E-state index in [1.165, 1.54) is 0 Å².